The molecule has 2 atom stereocenters. The summed E-state index contributed by atoms with van der Waals surface area (Å²) in [5, 5.41) is 13.2. The van der Waals surface area contributed by atoms with Crippen molar-refractivity contribution < 1.29 is 27.9 Å². The van der Waals surface area contributed by atoms with Crippen LogP contribution in [0, 0.1) is 23.4 Å². The van der Waals surface area contributed by atoms with Crippen LogP contribution in [0.5, 0.6) is 0 Å². The molecule has 3 N–H and O–H groups in total. The van der Waals surface area contributed by atoms with Crippen LogP contribution in [0.15, 0.2) is 24.3 Å². The number of aliphatic hydroxyl groups is 1. The predicted molar refractivity (Wildman–Crippen MR) is 71.2 cm³/mol. The second-order valence-electron chi connectivity index (χ2n) is 4.84. The lowest BCUT2D eigenvalue weighted by atomic mass is 10.1. The SMILES string of the molecule is O=C(Nc1cc(F)c(F)cc1F)C(=O)N[C@@H]1C=C[C@H](CO)C1. The van der Waals surface area contributed by atoms with Crippen molar-refractivity contribution >= 4 is 17.5 Å². The number of benzene rings is 1. The van der Waals surface area contributed by atoms with E-state index in [0.717, 1.165) is 0 Å². The molecular formula is C14H13F3N2O3. The van der Waals surface area contributed by atoms with E-state index in [0.29, 0.717) is 12.5 Å². The summed E-state index contributed by atoms with van der Waals surface area (Å²) < 4.78 is 39.1. The van der Waals surface area contributed by atoms with Crippen molar-refractivity contribution in [1.29, 1.82) is 0 Å². The van der Waals surface area contributed by atoms with E-state index in [9.17, 15) is 22.8 Å². The lowest BCUT2D eigenvalue weighted by Crippen LogP contribution is -2.40. The van der Waals surface area contributed by atoms with Gasteiger partial charge in [0.25, 0.3) is 0 Å². The van der Waals surface area contributed by atoms with E-state index in [-0.39, 0.29) is 18.6 Å². The zero-order valence-corrected chi connectivity index (χ0v) is 11.3. The second kappa shape index (κ2) is 6.61. The molecule has 2 amide bonds. The Hall–Kier alpha value is -2.35. The minimum absolute atomic E-state index is 0.0743. The summed E-state index contributed by atoms with van der Waals surface area (Å²) in [4.78, 5) is 23.3. The molecule has 2 rings (SSSR count). The first-order chi connectivity index (χ1) is 10.4. The molecule has 22 heavy (non-hydrogen) atoms. The fourth-order valence-electron chi connectivity index (χ4n) is 2.05. The quantitative estimate of drug-likeness (QED) is 0.444. The molecule has 1 aliphatic carbocycles. The van der Waals surface area contributed by atoms with Crippen LogP contribution in [0.3, 0.4) is 0 Å². The van der Waals surface area contributed by atoms with E-state index in [1.165, 1.54) is 0 Å². The van der Waals surface area contributed by atoms with Crippen LogP contribution in [-0.2, 0) is 9.59 Å². The Morgan fingerprint density at radius 1 is 1.09 bits per heavy atom. The molecule has 118 valence electrons. The van der Waals surface area contributed by atoms with Gasteiger partial charge in [-0.25, -0.2) is 13.2 Å². The molecule has 0 heterocycles. The summed E-state index contributed by atoms with van der Waals surface area (Å²) in [5.74, 6) is -6.28. The van der Waals surface area contributed by atoms with Gasteiger partial charge in [-0.3, -0.25) is 9.59 Å². The molecule has 5 nitrogen and oxygen atoms in total. The summed E-state index contributed by atoms with van der Waals surface area (Å²) in [6.45, 7) is -0.0743. The molecule has 1 aromatic carbocycles. The number of rotatable bonds is 3. The molecule has 0 radical (unpaired) electrons. The minimum Gasteiger partial charge on any atom is -0.396 e. The molecule has 8 heteroatoms. The molecule has 1 aliphatic rings. The van der Waals surface area contributed by atoms with Crippen molar-refractivity contribution in [3.63, 3.8) is 0 Å². The van der Waals surface area contributed by atoms with E-state index in [4.69, 9.17) is 5.11 Å². The van der Waals surface area contributed by atoms with Crippen molar-refractivity contribution in [3.05, 3.63) is 41.7 Å². The molecule has 0 bridgehead atoms. The van der Waals surface area contributed by atoms with Crippen molar-refractivity contribution in [2.45, 2.75) is 12.5 Å². The van der Waals surface area contributed by atoms with Crippen molar-refractivity contribution in [2.24, 2.45) is 5.92 Å². The molecule has 0 fully saturated rings. The first kappa shape index (κ1) is 16.0. The fraction of sp³-hybridized carbons (Fsp3) is 0.286. The predicted octanol–water partition coefficient (Wildman–Crippen LogP) is 1.10. The zero-order valence-electron chi connectivity index (χ0n) is 11.3. The van der Waals surface area contributed by atoms with Crippen LogP contribution in [0.25, 0.3) is 0 Å². The molecule has 0 aromatic heterocycles. The van der Waals surface area contributed by atoms with E-state index in [2.05, 4.69) is 5.32 Å². The van der Waals surface area contributed by atoms with E-state index in [1.54, 1.807) is 12.2 Å². The van der Waals surface area contributed by atoms with Crippen molar-refractivity contribution in [3.8, 4) is 0 Å². The average molecular weight is 314 g/mol. The molecule has 0 unspecified atom stereocenters. The third kappa shape index (κ3) is 3.64. The zero-order chi connectivity index (χ0) is 16.3. The van der Waals surface area contributed by atoms with Gasteiger partial charge >= 0.3 is 11.8 Å². The van der Waals surface area contributed by atoms with Crippen molar-refractivity contribution in [1.82, 2.24) is 5.32 Å². The summed E-state index contributed by atoms with van der Waals surface area (Å²) in [7, 11) is 0. The number of hydrogen-bond acceptors (Lipinski definition) is 3. The maximum absolute atomic E-state index is 13.4. The van der Waals surface area contributed by atoms with Gasteiger partial charge in [-0.1, -0.05) is 12.2 Å². The third-order valence-corrected chi connectivity index (χ3v) is 3.19. The van der Waals surface area contributed by atoms with E-state index >= 15 is 0 Å². The lowest BCUT2D eigenvalue weighted by Gasteiger charge is -2.13. The van der Waals surface area contributed by atoms with Gasteiger partial charge < -0.3 is 15.7 Å². The van der Waals surface area contributed by atoms with Gasteiger partial charge in [0.2, 0.25) is 0 Å². The Bertz CT molecular complexity index is 634. The number of hydrogen-bond donors (Lipinski definition) is 3. The average Bonchev–Trinajstić information content (AvgIpc) is 2.92. The number of carbonyl (C=O) groups excluding carboxylic acids is 2. The van der Waals surface area contributed by atoms with Crippen LogP contribution >= 0.6 is 0 Å². The highest BCUT2D eigenvalue weighted by Crippen LogP contribution is 2.19. The topological polar surface area (TPSA) is 78.4 Å². The molecule has 0 saturated carbocycles. The molecule has 0 aliphatic heterocycles. The smallest absolute Gasteiger partial charge is 0.313 e. The van der Waals surface area contributed by atoms with Gasteiger partial charge in [-0.05, 0) is 6.42 Å². The summed E-state index contributed by atoms with van der Waals surface area (Å²) in [5.41, 5.74) is -0.630. The fourth-order valence-corrected chi connectivity index (χ4v) is 2.05. The molecule has 1 aromatic rings. The van der Waals surface area contributed by atoms with Gasteiger partial charge in [0.1, 0.15) is 5.82 Å². The van der Waals surface area contributed by atoms with Gasteiger partial charge in [-0.2, -0.15) is 0 Å². The van der Waals surface area contributed by atoms with Crippen LogP contribution in [-0.4, -0.2) is 29.6 Å². The maximum Gasteiger partial charge on any atom is 0.313 e. The number of nitrogens with one attached hydrogen (secondary N) is 2. The molecule has 0 spiro atoms. The Kier molecular flexibility index (Phi) is 4.81. The Morgan fingerprint density at radius 3 is 2.41 bits per heavy atom. The highest BCUT2D eigenvalue weighted by Gasteiger charge is 2.23. The number of halogens is 3. The van der Waals surface area contributed by atoms with Crippen LogP contribution < -0.4 is 10.6 Å². The Morgan fingerprint density at radius 2 is 1.77 bits per heavy atom. The Balaban J connectivity index is 1.96. The minimum atomic E-state index is -1.40. The normalized spacial score (nSPS) is 20.0. The number of amides is 2. The standard InChI is InChI=1S/C14H13F3N2O3/c15-9-4-11(17)12(5-10(9)16)19-14(22)13(21)18-8-2-1-7(3-8)6-20/h1-2,4-5,7-8,20H,3,6H2,(H,18,21)(H,19,22)/t7-,8+/m0/s1. The van der Waals surface area contributed by atoms with Gasteiger partial charge in [0, 0.05) is 30.7 Å². The number of aliphatic hydroxyl groups excluding tert-OH is 1. The monoisotopic (exact) mass is 314 g/mol. The van der Waals surface area contributed by atoms with Crippen LogP contribution in [0.2, 0.25) is 0 Å². The van der Waals surface area contributed by atoms with Gasteiger partial charge in [0.05, 0.1) is 5.69 Å². The summed E-state index contributed by atoms with van der Waals surface area (Å²) in [6.07, 6.45) is 3.77. The van der Waals surface area contributed by atoms with Gasteiger partial charge in [-0.15, -0.1) is 0 Å². The molecule has 0 saturated heterocycles. The third-order valence-electron chi connectivity index (χ3n) is 3.19. The largest absolute Gasteiger partial charge is 0.396 e. The highest BCUT2D eigenvalue weighted by atomic mass is 19.2. The van der Waals surface area contributed by atoms with Crippen molar-refractivity contribution in [2.75, 3.05) is 11.9 Å². The van der Waals surface area contributed by atoms with Crippen LogP contribution in [0.4, 0.5) is 18.9 Å². The van der Waals surface area contributed by atoms with Crippen LogP contribution in [0.1, 0.15) is 6.42 Å². The highest BCUT2D eigenvalue weighted by molar-refractivity contribution is 6.39. The Labute approximate surface area is 123 Å². The number of carbonyl (C=O) groups is 2. The first-order valence-electron chi connectivity index (χ1n) is 6.46. The molecular weight excluding hydrogens is 301 g/mol. The lowest BCUT2D eigenvalue weighted by molar-refractivity contribution is -0.136. The maximum atomic E-state index is 13.4. The summed E-state index contributed by atoms with van der Waals surface area (Å²) in [6, 6.07) is 0.298. The second-order valence-corrected chi connectivity index (χ2v) is 4.84. The first-order valence-corrected chi connectivity index (χ1v) is 6.46. The van der Waals surface area contributed by atoms with Gasteiger partial charge in [0.15, 0.2) is 11.6 Å². The number of anilines is 1. The summed E-state index contributed by atoms with van der Waals surface area (Å²) >= 11 is 0. The van der Waals surface area contributed by atoms with E-state index < -0.39 is 41.0 Å². The van der Waals surface area contributed by atoms with E-state index in [1.807, 2.05) is 5.32 Å².